The monoisotopic (exact) mass is 361 g/mol. The molecule has 140 valence electrons. The number of aromatic nitrogens is 4. The molecule has 0 N–H and O–H groups in total. The molecule has 0 amide bonds. The van der Waals surface area contributed by atoms with E-state index in [-0.39, 0.29) is 0 Å². The Balaban J connectivity index is 1.32. The molecule has 0 bridgehead atoms. The summed E-state index contributed by atoms with van der Waals surface area (Å²) in [6.45, 7) is 5.37. The summed E-state index contributed by atoms with van der Waals surface area (Å²) in [5.74, 6) is 1.74. The lowest BCUT2D eigenvalue weighted by atomic mass is 9.93. The Morgan fingerprint density at radius 3 is 2.56 bits per heavy atom. The van der Waals surface area contributed by atoms with Gasteiger partial charge in [0.05, 0.1) is 5.69 Å². The SMILES string of the molecule is CCc1ccc(CN2CCC(Cc3nncn3-c3ccccc3)CC2)nc1. The van der Waals surface area contributed by atoms with Gasteiger partial charge >= 0.3 is 0 Å². The van der Waals surface area contributed by atoms with Crippen LogP contribution < -0.4 is 0 Å². The van der Waals surface area contributed by atoms with Crippen LogP contribution in [0.5, 0.6) is 0 Å². The third kappa shape index (κ3) is 4.42. The Bertz CT molecular complexity index is 833. The number of hydrogen-bond acceptors (Lipinski definition) is 4. The summed E-state index contributed by atoms with van der Waals surface area (Å²) < 4.78 is 2.12. The van der Waals surface area contributed by atoms with Gasteiger partial charge in [-0.05, 0) is 62.0 Å². The second kappa shape index (κ2) is 8.44. The molecule has 1 aliphatic heterocycles. The van der Waals surface area contributed by atoms with Crippen molar-refractivity contribution in [2.24, 2.45) is 5.92 Å². The number of hydrogen-bond donors (Lipinski definition) is 0. The quantitative estimate of drug-likeness (QED) is 0.672. The Labute approximate surface area is 161 Å². The van der Waals surface area contributed by atoms with E-state index >= 15 is 0 Å². The second-order valence-corrected chi connectivity index (χ2v) is 7.39. The molecule has 3 aromatic rings. The van der Waals surface area contributed by atoms with Gasteiger partial charge < -0.3 is 0 Å². The first-order valence-corrected chi connectivity index (χ1v) is 9.92. The fourth-order valence-electron chi connectivity index (χ4n) is 3.80. The Morgan fingerprint density at radius 2 is 1.85 bits per heavy atom. The molecule has 5 heteroatoms. The van der Waals surface area contributed by atoms with E-state index in [2.05, 4.69) is 68.0 Å². The van der Waals surface area contributed by atoms with E-state index in [4.69, 9.17) is 0 Å². The molecule has 0 aliphatic carbocycles. The van der Waals surface area contributed by atoms with Crippen LogP contribution in [0.1, 0.15) is 36.8 Å². The van der Waals surface area contributed by atoms with E-state index < -0.39 is 0 Å². The van der Waals surface area contributed by atoms with Gasteiger partial charge in [-0.1, -0.05) is 31.2 Å². The number of para-hydroxylation sites is 1. The van der Waals surface area contributed by atoms with Crippen molar-refractivity contribution in [3.05, 3.63) is 72.1 Å². The second-order valence-electron chi connectivity index (χ2n) is 7.39. The summed E-state index contributed by atoms with van der Waals surface area (Å²) in [5.41, 5.74) is 3.62. The topological polar surface area (TPSA) is 46.8 Å². The van der Waals surface area contributed by atoms with Crippen LogP contribution >= 0.6 is 0 Å². The lowest BCUT2D eigenvalue weighted by Gasteiger charge is -2.31. The van der Waals surface area contributed by atoms with Gasteiger partial charge in [-0.2, -0.15) is 0 Å². The summed E-state index contributed by atoms with van der Waals surface area (Å²) >= 11 is 0. The molecular formula is C22H27N5. The molecular weight excluding hydrogens is 334 g/mol. The maximum atomic E-state index is 4.61. The first-order valence-electron chi connectivity index (χ1n) is 9.92. The van der Waals surface area contributed by atoms with Crippen molar-refractivity contribution in [3.63, 3.8) is 0 Å². The molecule has 1 aliphatic rings. The van der Waals surface area contributed by atoms with Gasteiger partial charge in [-0.3, -0.25) is 14.5 Å². The highest BCUT2D eigenvalue weighted by Gasteiger charge is 2.22. The number of rotatable bonds is 6. The average molecular weight is 361 g/mol. The average Bonchev–Trinajstić information content (AvgIpc) is 3.19. The van der Waals surface area contributed by atoms with Crippen LogP contribution in [0.2, 0.25) is 0 Å². The Morgan fingerprint density at radius 1 is 1.04 bits per heavy atom. The molecule has 1 saturated heterocycles. The van der Waals surface area contributed by atoms with Crippen molar-refractivity contribution in [1.82, 2.24) is 24.6 Å². The van der Waals surface area contributed by atoms with E-state index in [1.54, 1.807) is 0 Å². The molecule has 0 unspecified atom stereocenters. The summed E-state index contributed by atoms with van der Waals surface area (Å²) in [4.78, 5) is 7.13. The fourth-order valence-corrected chi connectivity index (χ4v) is 3.80. The number of nitrogens with zero attached hydrogens (tertiary/aromatic N) is 5. The molecule has 1 fully saturated rings. The highest BCUT2D eigenvalue weighted by molar-refractivity contribution is 5.32. The predicted molar refractivity (Wildman–Crippen MR) is 107 cm³/mol. The molecule has 3 heterocycles. The van der Waals surface area contributed by atoms with E-state index in [9.17, 15) is 0 Å². The molecule has 4 rings (SSSR count). The van der Waals surface area contributed by atoms with Crippen molar-refractivity contribution < 1.29 is 0 Å². The van der Waals surface area contributed by atoms with Crippen LogP contribution in [0, 0.1) is 5.92 Å². The molecule has 2 aromatic heterocycles. The number of aryl methyl sites for hydroxylation is 1. The summed E-state index contributed by atoms with van der Waals surface area (Å²) in [6, 6.07) is 14.7. The Hall–Kier alpha value is -2.53. The Kier molecular flexibility index (Phi) is 5.58. The minimum absolute atomic E-state index is 0.670. The van der Waals surface area contributed by atoms with Crippen molar-refractivity contribution in [3.8, 4) is 5.69 Å². The standard InChI is InChI=1S/C22H27N5/c1-2-18-8-9-20(23-15-18)16-26-12-10-19(11-13-26)14-22-25-24-17-27(22)21-6-4-3-5-7-21/h3-9,15,17,19H,2,10-14,16H2,1H3. The van der Waals surface area contributed by atoms with Crippen LogP contribution in [-0.2, 0) is 19.4 Å². The van der Waals surface area contributed by atoms with E-state index in [0.717, 1.165) is 44.0 Å². The van der Waals surface area contributed by atoms with Gasteiger partial charge in [0.1, 0.15) is 12.2 Å². The van der Waals surface area contributed by atoms with Gasteiger partial charge in [-0.15, -0.1) is 10.2 Å². The zero-order valence-electron chi connectivity index (χ0n) is 16.0. The minimum atomic E-state index is 0.670. The molecule has 0 saturated carbocycles. The van der Waals surface area contributed by atoms with E-state index in [1.165, 1.54) is 24.1 Å². The maximum Gasteiger partial charge on any atom is 0.137 e. The summed E-state index contributed by atoms with van der Waals surface area (Å²) in [6.07, 6.45) is 8.28. The molecule has 0 spiro atoms. The smallest absolute Gasteiger partial charge is 0.137 e. The molecule has 5 nitrogen and oxygen atoms in total. The van der Waals surface area contributed by atoms with Crippen molar-refractivity contribution in [1.29, 1.82) is 0 Å². The van der Waals surface area contributed by atoms with Crippen LogP contribution in [0.15, 0.2) is 55.0 Å². The minimum Gasteiger partial charge on any atom is -0.297 e. The zero-order valence-corrected chi connectivity index (χ0v) is 16.0. The lowest BCUT2D eigenvalue weighted by Crippen LogP contribution is -2.34. The van der Waals surface area contributed by atoms with Gasteiger partial charge in [0, 0.05) is 24.8 Å². The van der Waals surface area contributed by atoms with Gasteiger partial charge in [0.2, 0.25) is 0 Å². The van der Waals surface area contributed by atoms with Gasteiger partial charge in [-0.25, -0.2) is 0 Å². The van der Waals surface area contributed by atoms with Crippen LogP contribution in [0.3, 0.4) is 0 Å². The predicted octanol–water partition coefficient (Wildman–Crippen LogP) is 3.68. The molecule has 0 atom stereocenters. The zero-order chi connectivity index (χ0) is 18.5. The third-order valence-electron chi connectivity index (χ3n) is 5.51. The van der Waals surface area contributed by atoms with Gasteiger partial charge in [0.15, 0.2) is 0 Å². The van der Waals surface area contributed by atoms with Crippen LogP contribution in [-0.4, -0.2) is 37.7 Å². The fraction of sp³-hybridized carbons (Fsp3) is 0.409. The molecule has 1 aromatic carbocycles. The number of pyridine rings is 1. The number of likely N-dealkylation sites (tertiary alicyclic amines) is 1. The van der Waals surface area contributed by atoms with E-state index in [0.29, 0.717) is 5.92 Å². The van der Waals surface area contributed by atoms with Crippen molar-refractivity contribution in [2.45, 2.75) is 39.2 Å². The first kappa shape index (κ1) is 17.9. The third-order valence-corrected chi connectivity index (χ3v) is 5.51. The highest BCUT2D eigenvalue weighted by Crippen LogP contribution is 2.23. The van der Waals surface area contributed by atoms with Gasteiger partial charge in [0.25, 0.3) is 0 Å². The largest absolute Gasteiger partial charge is 0.297 e. The number of benzene rings is 1. The number of piperidine rings is 1. The van der Waals surface area contributed by atoms with E-state index in [1.807, 2.05) is 18.6 Å². The van der Waals surface area contributed by atoms with Crippen molar-refractivity contribution >= 4 is 0 Å². The molecule has 0 radical (unpaired) electrons. The molecule has 27 heavy (non-hydrogen) atoms. The normalized spacial score (nSPS) is 15.9. The summed E-state index contributed by atoms with van der Waals surface area (Å²) in [7, 11) is 0. The summed E-state index contributed by atoms with van der Waals surface area (Å²) in [5, 5.41) is 8.52. The highest BCUT2D eigenvalue weighted by atomic mass is 15.3. The van der Waals surface area contributed by atoms with Crippen molar-refractivity contribution in [2.75, 3.05) is 13.1 Å². The lowest BCUT2D eigenvalue weighted by molar-refractivity contribution is 0.174. The van der Waals surface area contributed by atoms with Crippen LogP contribution in [0.25, 0.3) is 5.69 Å². The first-order chi connectivity index (χ1) is 13.3. The maximum absolute atomic E-state index is 4.61. The van der Waals surface area contributed by atoms with Crippen LogP contribution in [0.4, 0.5) is 0 Å².